The maximum atomic E-state index is 6.30. The number of nitrogens with zero attached hydrogens (tertiary/aromatic N) is 2. The van der Waals surface area contributed by atoms with Gasteiger partial charge < -0.3 is 5.43 Å². The average molecular weight is 300 g/mol. The van der Waals surface area contributed by atoms with E-state index in [1.807, 2.05) is 37.4 Å². The van der Waals surface area contributed by atoms with Crippen LogP contribution >= 0.6 is 11.6 Å². The van der Waals surface area contributed by atoms with Gasteiger partial charge in [-0.25, -0.2) is 5.01 Å². The van der Waals surface area contributed by atoms with Gasteiger partial charge in [0.1, 0.15) is 5.84 Å². The summed E-state index contributed by atoms with van der Waals surface area (Å²) in [6.45, 7) is 2.16. The second kappa shape index (κ2) is 5.88. The Morgan fingerprint density at radius 3 is 2.43 bits per heavy atom. The van der Waals surface area contributed by atoms with Gasteiger partial charge in [0.2, 0.25) is 0 Å². The van der Waals surface area contributed by atoms with Gasteiger partial charge in [0.05, 0.1) is 17.1 Å². The van der Waals surface area contributed by atoms with E-state index in [0.29, 0.717) is 5.02 Å². The van der Waals surface area contributed by atoms with Gasteiger partial charge in [-0.3, -0.25) is 4.99 Å². The molecule has 1 aliphatic rings. The molecule has 108 valence electrons. The first-order chi connectivity index (χ1) is 10.2. The summed E-state index contributed by atoms with van der Waals surface area (Å²) in [5.74, 6) is 0.815. The summed E-state index contributed by atoms with van der Waals surface area (Å²) in [7, 11) is 2.03. The highest BCUT2D eigenvalue weighted by molar-refractivity contribution is 6.34. The molecule has 2 atom stereocenters. The molecule has 2 aromatic carbocycles. The van der Waals surface area contributed by atoms with Crippen molar-refractivity contribution in [2.75, 3.05) is 7.05 Å². The first-order valence-electron chi connectivity index (χ1n) is 7.04. The molecule has 0 unspecified atom stereocenters. The SMILES string of the molecule is C[C@@H]1[C@@H](c2ccccc2)N=C(c2ccccc2Cl)NN1C. The lowest BCUT2D eigenvalue weighted by molar-refractivity contribution is 0.178. The summed E-state index contributed by atoms with van der Waals surface area (Å²) >= 11 is 6.30. The molecule has 0 amide bonds. The summed E-state index contributed by atoms with van der Waals surface area (Å²) in [6, 6.07) is 18.5. The van der Waals surface area contributed by atoms with E-state index in [0.717, 1.165) is 11.4 Å². The number of aliphatic imine (C=N–C) groups is 1. The largest absolute Gasteiger partial charge is 0.303 e. The maximum absolute atomic E-state index is 6.30. The van der Waals surface area contributed by atoms with Crippen LogP contribution in [0.4, 0.5) is 0 Å². The van der Waals surface area contributed by atoms with Gasteiger partial charge in [-0.1, -0.05) is 54.1 Å². The van der Waals surface area contributed by atoms with Crippen LogP contribution in [0.5, 0.6) is 0 Å². The summed E-state index contributed by atoms with van der Waals surface area (Å²) in [6.07, 6.45) is 0. The fourth-order valence-corrected chi connectivity index (χ4v) is 2.77. The molecule has 0 aromatic heterocycles. The number of hydrogen-bond donors (Lipinski definition) is 1. The van der Waals surface area contributed by atoms with E-state index in [-0.39, 0.29) is 12.1 Å². The Bertz CT molecular complexity index is 654. The molecule has 1 N–H and O–H groups in total. The van der Waals surface area contributed by atoms with Gasteiger partial charge in [-0.2, -0.15) is 0 Å². The minimum absolute atomic E-state index is 0.0868. The van der Waals surface area contributed by atoms with E-state index >= 15 is 0 Å². The predicted molar refractivity (Wildman–Crippen MR) is 87.5 cm³/mol. The highest BCUT2D eigenvalue weighted by Gasteiger charge is 2.28. The maximum Gasteiger partial charge on any atom is 0.145 e. The molecule has 3 rings (SSSR count). The number of likely N-dealkylation sites (N-methyl/N-ethyl adjacent to an activating group) is 1. The van der Waals surface area contributed by atoms with E-state index in [2.05, 4.69) is 41.6 Å². The van der Waals surface area contributed by atoms with Gasteiger partial charge >= 0.3 is 0 Å². The van der Waals surface area contributed by atoms with Gasteiger partial charge in [-0.15, -0.1) is 0 Å². The van der Waals surface area contributed by atoms with Crippen LogP contribution in [-0.4, -0.2) is 23.9 Å². The van der Waals surface area contributed by atoms with Crippen molar-refractivity contribution in [1.29, 1.82) is 0 Å². The lowest BCUT2D eigenvalue weighted by Crippen LogP contribution is -2.51. The molecule has 2 aromatic rings. The number of rotatable bonds is 2. The molecule has 0 spiro atoms. The topological polar surface area (TPSA) is 27.6 Å². The van der Waals surface area contributed by atoms with E-state index in [1.165, 1.54) is 5.56 Å². The number of benzene rings is 2. The summed E-state index contributed by atoms with van der Waals surface area (Å²) in [5, 5.41) is 2.79. The number of hydrazine groups is 1. The van der Waals surface area contributed by atoms with Crippen molar-refractivity contribution in [2.24, 2.45) is 4.99 Å². The van der Waals surface area contributed by atoms with E-state index in [9.17, 15) is 0 Å². The van der Waals surface area contributed by atoms with Crippen molar-refractivity contribution >= 4 is 17.4 Å². The Labute approximate surface area is 130 Å². The monoisotopic (exact) mass is 299 g/mol. The lowest BCUT2D eigenvalue weighted by Gasteiger charge is -2.36. The minimum atomic E-state index is 0.0868. The third-order valence-corrected chi connectivity index (χ3v) is 4.22. The molecule has 1 aliphatic heterocycles. The molecule has 0 aliphatic carbocycles. The Balaban J connectivity index is 2.04. The molecular formula is C17H18ClN3. The molecule has 0 saturated heterocycles. The zero-order valence-electron chi connectivity index (χ0n) is 12.1. The Morgan fingerprint density at radius 2 is 1.71 bits per heavy atom. The second-order valence-corrected chi connectivity index (χ2v) is 5.68. The van der Waals surface area contributed by atoms with Gasteiger partial charge in [0.25, 0.3) is 0 Å². The Hall–Kier alpha value is -1.84. The minimum Gasteiger partial charge on any atom is -0.303 e. The first kappa shape index (κ1) is 14.1. The number of hydrogen-bond acceptors (Lipinski definition) is 3. The van der Waals surface area contributed by atoms with Crippen LogP contribution in [0.25, 0.3) is 0 Å². The molecule has 0 radical (unpaired) electrons. The van der Waals surface area contributed by atoms with Gasteiger partial charge in [0, 0.05) is 12.6 Å². The summed E-state index contributed by atoms with van der Waals surface area (Å²) in [5.41, 5.74) is 5.46. The van der Waals surface area contributed by atoms with Gasteiger partial charge in [-0.05, 0) is 24.6 Å². The van der Waals surface area contributed by atoms with Crippen molar-refractivity contribution < 1.29 is 0 Å². The van der Waals surface area contributed by atoms with Crippen LogP contribution in [0.2, 0.25) is 5.02 Å². The van der Waals surface area contributed by atoms with E-state index in [1.54, 1.807) is 0 Å². The molecule has 21 heavy (non-hydrogen) atoms. The molecule has 4 heteroatoms. The van der Waals surface area contributed by atoms with E-state index < -0.39 is 0 Å². The average Bonchev–Trinajstić information content (AvgIpc) is 2.51. The standard InChI is InChI=1S/C17H18ClN3/c1-12-16(13-8-4-3-5-9-13)19-17(20-21(12)2)14-10-6-7-11-15(14)18/h3-12,16H,1-2H3,(H,19,20)/t12-,16+/m1/s1. The van der Waals surface area contributed by atoms with Crippen molar-refractivity contribution in [3.8, 4) is 0 Å². The van der Waals surface area contributed by atoms with Crippen LogP contribution in [0.3, 0.4) is 0 Å². The molecule has 0 bridgehead atoms. The molecule has 0 saturated carbocycles. The quantitative estimate of drug-likeness (QED) is 0.916. The van der Waals surface area contributed by atoms with Crippen LogP contribution in [-0.2, 0) is 0 Å². The fraction of sp³-hybridized carbons (Fsp3) is 0.235. The highest BCUT2D eigenvalue weighted by atomic mass is 35.5. The van der Waals surface area contributed by atoms with Crippen molar-refractivity contribution in [3.05, 3.63) is 70.7 Å². The molecule has 1 heterocycles. The van der Waals surface area contributed by atoms with Crippen LogP contribution in [0.15, 0.2) is 59.6 Å². The van der Waals surface area contributed by atoms with Crippen LogP contribution < -0.4 is 5.43 Å². The fourth-order valence-electron chi connectivity index (χ4n) is 2.54. The smallest absolute Gasteiger partial charge is 0.145 e. The zero-order valence-corrected chi connectivity index (χ0v) is 12.9. The number of amidine groups is 1. The summed E-state index contributed by atoms with van der Waals surface area (Å²) < 4.78 is 0. The van der Waals surface area contributed by atoms with Crippen LogP contribution in [0, 0.1) is 0 Å². The first-order valence-corrected chi connectivity index (χ1v) is 7.42. The van der Waals surface area contributed by atoms with E-state index in [4.69, 9.17) is 16.6 Å². The zero-order chi connectivity index (χ0) is 14.8. The third-order valence-electron chi connectivity index (χ3n) is 3.89. The van der Waals surface area contributed by atoms with Crippen molar-refractivity contribution in [2.45, 2.75) is 19.0 Å². The molecular weight excluding hydrogens is 282 g/mol. The van der Waals surface area contributed by atoms with Crippen molar-refractivity contribution in [1.82, 2.24) is 10.4 Å². The second-order valence-electron chi connectivity index (χ2n) is 5.28. The number of nitrogens with one attached hydrogen (secondary N) is 1. The Kier molecular flexibility index (Phi) is 3.95. The van der Waals surface area contributed by atoms with Crippen LogP contribution in [0.1, 0.15) is 24.1 Å². The normalized spacial score (nSPS) is 22.5. The molecule has 3 nitrogen and oxygen atoms in total. The lowest BCUT2D eigenvalue weighted by atomic mass is 9.99. The van der Waals surface area contributed by atoms with Crippen molar-refractivity contribution in [3.63, 3.8) is 0 Å². The number of halogens is 1. The Morgan fingerprint density at radius 1 is 1.05 bits per heavy atom. The highest BCUT2D eigenvalue weighted by Crippen LogP contribution is 2.28. The summed E-state index contributed by atoms with van der Waals surface area (Å²) in [4.78, 5) is 4.89. The predicted octanol–water partition coefficient (Wildman–Crippen LogP) is 3.67. The third kappa shape index (κ3) is 2.80. The molecule has 0 fully saturated rings. The van der Waals surface area contributed by atoms with Gasteiger partial charge in [0.15, 0.2) is 0 Å².